The highest BCUT2D eigenvalue weighted by Crippen LogP contribution is 2.32. The summed E-state index contributed by atoms with van der Waals surface area (Å²) in [5.41, 5.74) is 7.76. The first-order valence-electron chi connectivity index (χ1n) is 10.5. The van der Waals surface area contributed by atoms with Crippen molar-refractivity contribution in [2.45, 2.75) is 44.4 Å². The minimum Gasteiger partial charge on any atom is -0.489 e. The first-order chi connectivity index (χ1) is 13.7. The number of piperazine rings is 1. The van der Waals surface area contributed by atoms with Crippen molar-refractivity contribution < 1.29 is 19.0 Å². The molecule has 1 unspecified atom stereocenters. The molecule has 0 aromatic heterocycles. The van der Waals surface area contributed by atoms with Gasteiger partial charge in [-0.3, -0.25) is 9.69 Å². The summed E-state index contributed by atoms with van der Waals surface area (Å²) in [5.74, 6) is 1.20. The lowest BCUT2D eigenvalue weighted by atomic mass is 9.89. The van der Waals surface area contributed by atoms with Gasteiger partial charge in [-0.15, -0.1) is 0 Å². The molecule has 0 bridgehead atoms. The summed E-state index contributed by atoms with van der Waals surface area (Å²) in [6, 6.07) is 6.31. The molecule has 2 N–H and O–H groups in total. The molecule has 1 aromatic carbocycles. The van der Waals surface area contributed by atoms with Crippen LogP contribution in [0.3, 0.4) is 0 Å². The number of nitrogens with zero attached hydrogens (tertiary/aromatic N) is 2. The minimum atomic E-state index is -0.0934. The van der Waals surface area contributed by atoms with Crippen LogP contribution < -0.4 is 15.4 Å². The Bertz CT molecular complexity index is 662. The Labute approximate surface area is 166 Å². The Morgan fingerprint density at radius 1 is 1.11 bits per heavy atom. The van der Waals surface area contributed by atoms with Gasteiger partial charge in [-0.1, -0.05) is 0 Å². The summed E-state index contributed by atoms with van der Waals surface area (Å²) in [6.07, 6.45) is 4.59. The average molecular weight is 389 g/mol. The molecule has 0 amide bonds. The quantitative estimate of drug-likeness (QED) is 0.565. The van der Waals surface area contributed by atoms with Crippen molar-refractivity contribution in [2.75, 3.05) is 56.6 Å². The average Bonchev–Trinajstić information content (AvgIpc) is 2.70. The second-order valence-corrected chi connectivity index (χ2v) is 7.87. The van der Waals surface area contributed by atoms with Gasteiger partial charge in [0, 0.05) is 63.4 Å². The van der Waals surface area contributed by atoms with Crippen LogP contribution in [0, 0.1) is 0 Å². The van der Waals surface area contributed by atoms with Gasteiger partial charge in [0.25, 0.3) is 0 Å². The minimum absolute atomic E-state index is 0.0934. The molecule has 1 saturated carbocycles. The van der Waals surface area contributed by atoms with Gasteiger partial charge in [0.15, 0.2) is 6.29 Å². The summed E-state index contributed by atoms with van der Waals surface area (Å²) in [4.78, 5) is 16.0. The fourth-order valence-corrected chi connectivity index (χ4v) is 4.13. The van der Waals surface area contributed by atoms with Crippen LogP contribution in [-0.4, -0.2) is 69.0 Å². The van der Waals surface area contributed by atoms with E-state index in [9.17, 15) is 4.79 Å². The Morgan fingerprint density at radius 3 is 2.64 bits per heavy atom. The lowest BCUT2D eigenvalue weighted by Gasteiger charge is -2.43. The maximum absolute atomic E-state index is 11.3. The van der Waals surface area contributed by atoms with Crippen LogP contribution >= 0.6 is 0 Å². The summed E-state index contributed by atoms with van der Waals surface area (Å²) < 4.78 is 17.4. The van der Waals surface area contributed by atoms with Crippen molar-refractivity contribution in [3.63, 3.8) is 0 Å². The summed E-state index contributed by atoms with van der Waals surface area (Å²) in [6.45, 7) is 5.57. The number of carbonyl (C=O) groups is 1. The second kappa shape index (κ2) is 9.11. The van der Waals surface area contributed by atoms with E-state index in [2.05, 4.69) is 9.80 Å². The Kier molecular flexibility index (Phi) is 6.34. The van der Waals surface area contributed by atoms with Crippen LogP contribution in [0.25, 0.3) is 0 Å². The van der Waals surface area contributed by atoms with Crippen molar-refractivity contribution in [3.05, 3.63) is 18.2 Å². The maximum atomic E-state index is 11.3. The van der Waals surface area contributed by atoms with Gasteiger partial charge in [-0.05, 0) is 31.4 Å². The van der Waals surface area contributed by atoms with E-state index in [-0.39, 0.29) is 6.29 Å². The number of carbonyl (C=O) groups excluding carboxylic acids is 1. The van der Waals surface area contributed by atoms with E-state index in [0.29, 0.717) is 30.7 Å². The number of ketones is 1. The Morgan fingerprint density at radius 2 is 1.93 bits per heavy atom. The third kappa shape index (κ3) is 4.77. The van der Waals surface area contributed by atoms with Crippen LogP contribution in [0.2, 0.25) is 0 Å². The Balaban J connectivity index is 1.28. The number of anilines is 2. The number of benzene rings is 1. The molecule has 2 heterocycles. The van der Waals surface area contributed by atoms with E-state index in [1.807, 2.05) is 18.2 Å². The molecule has 154 valence electrons. The van der Waals surface area contributed by atoms with E-state index in [1.54, 1.807) is 0 Å². The van der Waals surface area contributed by atoms with E-state index in [1.165, 1.54) is 0 Å². The van der Waals surface area contributed by atoms with Gasteiger partial charge in [-0.2, -0.15) is 0 Å². The first kappa shape index (κ1) is 19.5. The van der Waals surface area contributed by atoms with E-state index in [0.717, 1.165) is 76.3 Å². The Hall–Kier alpha value is -1.83. The molecular formula is C21H31N3O4. The molecule has 1 aliphatic carbocycles. The zero-order chi connectivity index (χ0) is 19.3. The summed E-state index contributed by atoms with van der Waals surface area (Å²) in [7, 11) is 0. The SMILES string of the molecule is Nc1ccc(N2CCN(C3CC(=O)C3)CC2)c(OCCOC2CCCCO2)c1. The molecule has 0 spiro atoms. The molecule has 7 nitrogen and oxygen atoms in total. The fourth-order valence-electron chi connectivity index (χ4n) is 4.13. The van der Waals surface area contributed by atoms with Crippen molar-refractivity contribution in [1.82, 2.24) is 4.90 Å². The smallest absolute Gasteiger partial charge is 0.157 e. The highest BCUT2D eigenvalue weighted by Gasteiger charge is 2.33. The number of nitrogen functional groups attached to an aromatic ring is 1. The normalized spacial score (nSPS) is 24.2. The molecule has 2 saturated heterocycles. The molecule has 0 radical (unpaired) electrons. The number of nitrogens with two attached hydrogens (primary N) is 1. The standard InChI is InChI=1S/C21H31N3O4/c22-16-4-5-19(24-8-6-23(7-9-24)17-14-18(25)15-17)20(13-16)26-11-12-28-21-3-1-2-10-27-21/h4-5,13,17,21H,1-3,6-12,14-15,22H2. The predicted molar refractivity (Wildman–Crippen MR) is 108 cm³/mol. The van der Waals surface area contributed by atoms with Crippen LogP contribution in [0.5, 0.6) is 5.75 Å². The molecule has 1 atom stereocenters. The van der Waals surface area contributed by atoms with E-state index >= 15 is 0 Å². The third-order valence-electron chi connectivity index (χ3n) is 5.86. The lowest BCUT2D eigenvalue weighted by Crippen LogP contribution is -2.54. The van der Waals surface area contributed by atoms with Crippen LogP contribution in [0.15, 0.2) is 18.2 Å². The molecule has 2 aliphatic heterocycles. The maximum Gasteiger partial charge on any atom is 0.157 e. The van der Waals surface area contributed by atoms with Crippen molar-refractivity contribution in [3.8, 4) is 5.75 Å². The highest BCUT2D eigenvalue weighted by molar-refractivity contribution is 5.85. The molecule has 3 aliphatic rings. The van der Waals surface area contributed by atoms with Crippen LogP contribution in [0.4, 0.5) is 11.4 Å². The molecule has 3 fully saturated rings. The second-order valence-electron chi connectivity index (χ2n) is 7.87. The highest BCUT2D eigenvalue weighted by atomic mass is 16.7. The van der Waals surface area contributed by atoms with Gasteiger partial charge >= 0.3 is 0 Å². The largest absolute Gasteiger partial charge is 0.489 e. The summed E-state index contributed by atoms with van der Waals surface area (Å²) >= 11 is 0. The van der Waals surface area contributed by atoms with Crippen LogP contribution in [-0.2, 0) is 14.3 Å². The summed E-state index contributed by atoms with van der Waals surface area (Å²) in [5, 5.41) is 0. The number of ether oxygens (including phenoxy) is 3. The molecule has 28 heavy (non-hydrogen) atoms. The predicted octanol–water partition coefficient (Wildman–Crippen LogP) is 2.04. The molecule has 7 heteroatoms. The zero-order valence-electron chi connectivity index (χ0n) is 16.5. The van der Waals surface area contributed by atoms with Gasteiger partial charge in [0.05, 0.1) is 12.3 Å². The van der Waals surface area contributed by atoms with E-state index < -0.39 is 0 Å². The zero-order valence-corrected chi connectivity index (χ0v) is 16.5. The number of hydrogen-bond donors (Lipinski definition) is 1. The monoisotopic (exact) mass is 389 g/mol. The number of hydrogen-bond acceptors (Lipinski definition) is 7. The first-order valence-corrected chi connectivity index (χ1v) is 10.5. The molecule has 4 rings (SSSR count). The number of Topliss-reactive ketones (excluding diaryl/α,β-unsaturated/α-hetero) is 1. The van der Waals surface area contributed by atoms with Crippen LogP contribution in [0.1, 0.15) is 32.1 Å². The van der Waals surface area contributed by atoms with Crippen molar-refractivity contribution >= 4 is 17.2 Å². The fraction of sp³-hybridized carbons (Fsp3) is 0.667. The topological polar surface area (TPSA) is 77.3 Å². The van der Waals surface area contributed by atoms with Gasteiger partial charge < -0.3 is 24.8 Å². The van der Waals surface area contributed by atoms with E-state index in [4.69, 9.17) is 19.9 Å². The van der Waals surface area contributed by atoms with Crippen molar-refractivity contribution in [1.29, 1.82) is 0 Å². The third-order valence-corrected chi connectivity index (χ3v) is 5.86. The van der Waals surface area contributed by atoms with Gasteiger partial charge in [0.2, 0.25) is 0 Å². The molecule has 1 aromatic rings. The van der Waals surface area contributed by atoms with Crippen molar-refractivity contribution in [2.24, 2.45) is 0 Å². The van der Waals surface area contributed by atoms with Gasteiger partial charge in [-0.25, -0.2) is 0 Å². The van der Waals surface area contributed by atoms with Gasteiger partial charge in [0.1, 0.15) is 18.1 Å². The lowest BCUT2D eigenvalue weighted by molar-refractivity contribution is -0.165. The number of rotatable bonds is 7. The molecular weight excluding hydrogens is 358 g/mol.